The summed E-state index contributed by atoms with van der Waals surface area (Å²) >= 11 is 7.35. The number of carboxylic acids is 1. The summed E-state index contributed by atoms with van der Waals surface area (Å²) < 4.78 is 0. The number of carboxylic acid groups (broad SMARTS) is 1. The van der Waals surface area contributed by atoms with Gasteiger partial charge in [-0.05, 0) is 29.7 Å². The molecule has 0 aliphatic rings. The predicted molar refractivity (Wildman–Crippen MR) is 83.1 cm³/mol. The number of aromatic nitrogens is 1. The number of hydrogen-bond acceptors (Lipinski definition) is 2. The fourth-order valence-electron chi connectivity index (χ4n) is 2.07. The molecule has 2 N–H and O–H groups in total. The Hall–Kier alpha value is -2.04. The number of carbonyl (C=O) groups is 1. The van der Waals surface area contributed by atoms with Crippen molar-refractivity contribution in [2.24, 2.45) is 0 Å². The Morgan fingerprint density at radius 2 is 2.20 bits per heavy atom. The number of aromatic amines is 1. The first kappa shape index (κ1) is 13.0. The van der Waals surface area contributed by atoms with Gasteiger partial charge in [0.1, 0.15) is 0 Å². The lowest BCUT2D eigenvalue weighted by Crippen LogP contribution is -1.97. The summed E-state index contributed by atoms with van der Waals surface area (Å²) in [5.74, 6) is -0.934. The monoisotopic (exact) mass is 303 g/mol. The van der Waals surface area contributed by atoms with Crippen molar-refractivity contribution >= 4 is 51.5 Å². The van der Waals surface area contributed by atoms with E-state index in [1.807, 2.05) is 23.6 Å². The minimum absolute atomic E-state index is 0.288. The first-order valence-corrected chi connectivity index (χ1v) is 7.16. The van der Waals surface area contributed by atoms with Crippen LogP contribution in [0.4, 0.5) is 0 Å². The Morgan fingerprint density at radius 1 is 1.35 bits per heavy atom. The molecule has 0 amide bonds. The van der Waals surface area contributed by atoms with Gasteiger partial charge in [-0.3, -0.25) is 0 Å². The highest BCUT2D eigenvalue weighted by atomic mass is 35.5. The van der Waals surface area contributed by atoms with E-state index < -0.39 is 5.97 Å². The number of aliphatic carboxylic acids is 1. The van der Waals surface area contributed by atoms with Crippen LogP contribution in [0, 0.1) is 0 Å². The largest absolute Gasteiger partial charge is 0.478 e. The van der Waals surface area contributed by atoms with Crippen LogP contribution < -0.4 is 0 Å². The highest BCUT2D eigenvalue weighted by molar-refractivity contribution is 7.11. The second kappa shape index (κ2) is 5.15. The molecule has 0 saturated heterocycles. The lowest BCUT2D eigenvalue weighted by Gasteiger charge is -1.99. The number of fused-ring (bicyclic) bond motifs is 1. The SMILES string of the molecule is O=C(O)/C(=C/c1c[nH]c2cc(Cl)ccc12)c1cccs1. The average molecular weight is 304 g/mol. The van der Waals surface area contributed by atoms with Crippen molar-refractivity contribution in [3.63, 3.8) is 0 Å². The van der Waals surface area contributed by atoms with Crippen molar-refractivity contribution < 1.29 is 9.90 Å². The molecule has 2 aromatic heterocycles. The number of nitrogens with one attached hydrogen (secondary N) is 1. The molecule has 0 radical (unpaired) electrons. The smallest absolute Gasteiger partial charge is 0.337 e. The van der Waals surface area contributed by atoms with Crippen molar-refractivity contribution in [2.75, 3.05) is 0 Å². The second-order valence-corrected chi connectivity index (χ2v) is 5.66. The van der Waals surface area contributed by atoms with Crippen LogP contribution in [0.5, 0.6) is 0 Å². The van der Waals surface area contributed by atoms with Gasteiger partial charge in [-0.25, -0.2) is 4.79 Å². The molecule has 1 aromatic carbocycles. The van der Waals surface area contributed by atoms with Gasteiger partial charge in [0.25, 0.3) is 0 Å². The molecular formula is C15H10ClNO2S. The van der Waals surface area contributed by atoms with Crippen molar-refractivity contribution in [2.45, 2.75) is 0 Å². The quantitative estimate of drug-likeness (QED) is 0.700. The zero-order valence-electron chi connectivity index (χ0n) is 10.3. The summed E-state index contributed by atoms with van der Waals surface area (Å²) in [6.45, 7) is 0. The molecule has 0 aliphatic carbocycles. The maximum absolute atomic E-state index is 11.4. The van der Waals surface area contributed by atoms with Gasteiger partial charge >= 0.3 is 5.97 Å². The Morgan fingerprint density at radius 3 is 2.90 bits per heavy atom. The number of thiophene rings is 1. The van der Waals surface area contributed by atoms with Gasteiger partial charge < -0.3 is 10.1 Å². The van der Waals surface area contributed by atoms with E-state index in [-0.39, 0.29) is 5.57 Å². The minimum atomic E-state index is -0.934. The van der Waals surface area contributed by atoms with Crippen molar-refractivity contribution in [1.82, 2.24) is 4.98 Å². The van der Waals surface area contributed by atoms with E-state index in [0.29, 0.717) is 5.02 Å². The van der Waals surface area contributed by atoms with Crippen LogP contribution in [0.15, 0.2) is 41.9 Å². The Labute approximate surface area is 124 Å². The van der Waals surface area contributed by atoms with Crippen LogP contribution in [0.1, 0.15) is 10.4 Å². The third-order valence-electron chi connectivity index (χ3n) is 2.99. The number of halogens is 1. The first-order chi connectivity index (χ1) is 9.65. The summed E-state index contributed by atoms with van der Waals surface area (Å²) in [4.78, 5) is 15.3. The molecule has 0 saturated carbocycles. The maximum Gasteiger partial charge on any atom is 0.337 e. The predicted octanol–water partition coefficient (Wildman–Crippen LogP) is 4.51. The van der Waals surface area contributed by atoms with E-state index in [4.69, 9.17) is 11.6 Å². The van der Waals surface area contributed by atoms with E-state index in [9.17, 15) is 9.90 Å². The summed E-state index contributed by atoms with van der Waals surface area (Å²) in [5.41, 5.74) is 2.01. The molecule has 0 fully saturated rings. The molecule has 0 atom stereocenters. The maximum atomic E-state index is 11.4. The highest BCUT2D eigenvalue weighted by Crippen LogP contribution is 2.28. The number of hydrogen-bond donors (Lipinski definition) is 2. The fourth-order valence-corrected chi connectivity index (χ4v) is 2.97. The molecule has 20 heavy (non-hydrogen) atoms. The summed E-state index contributed by atoms with van der Waals surface area (Å²) in [6, 6.07) is 9.14. The van der Waals surface area contributed by atoms with Gasteiger partial charge in [-0.1, -0.05) is 23.7 Å². The molecule has 3 rings (SSSR count). The van der Waals surface area contributed by atoms with Gasteiger partial charge in [0.15, 0.2) is 0 Å². The van der Waals surface area contributed by atoms with Crippen LogP contribution in [-0.4, -0.2) is 16.1 Å². The third-order valence-corrected chi connectivity index (χ3v) is 4.13. The van der Waals surface area contributed by atoms with Gasteiger partial charge in [-0.15, -0.1) is 11.3 Å². The van der Waals surface area contributed by atoms with Gasteiger partial charge in [0, 0.05) is 32.6 Å². The van der Waals surface area contributed by atoms with E-state index in [2.05, 4.69) is 4.98 Å². The summed E-state index contributed by atoms with van der Waals surface area (Å²) in [6.07, 6.45) is 3.47. The molecule has 0 unspecified atom stereocenters. The molecular weight excluding hydrogens is 294 g/mol. The van der Waals surface area contributed by atoms with Gasteiger partial charge in [-0.2, -0.15) is 0 Å². The molecule has 0 bridgehead atoms. The van der Waals surface area contributed by atoms with Gasteiger partial charge in [0.2, 0.25) is 0 Å². The summed E-state index contributed by atoms with van der Waals surface area (Å²) in [7, 11) is 0. The third kappa shape index (κ3) is 2.35. The lowest BCUT2D eigenvalue weighted by molar-refractivity contribution is -0.130. The van der Waals surface area contributed by atoms with E-state index in [0.717, 1.165) is 21.3 Å². The van der Waals surface area contributed by atoms with E-state index in [1.165, 1.54) is 11.3 Å². The zero-order valence-corrected chi connectivity index (χ0v) is 11.8. The number of benzene rings is 1. The Bertz CT molecular complexity index is 803. The lowest BCUT2D eigenvalue weighted by atomic mass is 10.1. The highest BCUT2D eigenvalue weighted by Gasteiger charge is 2.13. The zero-order chi connectivity index (χ0) is 14.1. The van der Waals surface area contributed by atoms with Crippen LogP contribution in [0.3, 0.4) is 0 Å². The molecule has 3 nitrogen and oxygen atoms in total. The summed E-state index contributed by atoms with van der Waals surface area (Å²) in [5, 5.41) is 12.8. The van der Waals surface area contributed by atoms with Crippen molar-refractivity contribution in [3.05, 3.63) is 57.4 Å². The van der Waals surface area contributed by atoms with Crippen LogP contribution in [0.25, 0.3) is 22.6 Å². The number of rotatable bonds is 3. The standard InChI is InChI=1S/C15H10ClNO2S/c16-10-3-4-11-9(8-17-13(11)7-10)6-12(15(18)19)14-2-1-5-20-14/h1-8,17H,(H,18,19)/b12-6+. The van der Waals surface area contributed by atoms with Crippen LogP contribution in [-0.2, 0) is 4.79 Å². The molecule has 0 aliphatic heterocycles. The molecule has 100 valence electrons. The molecule has 2 heterocycles. The second-order valence-electron chi connectivity index (χ2n) is 4.27. The molecule has 0 spiro atoms. The fraction of sp³-hybridized carbons (Fsp3) is 0. The van der Waals surface area contributed by atoms with Crippen LogP contribution >= 0.6 is 22.9 Å². The average Bonchev–Trinajstić information content (AvgIpc) is 3.04. The van der Waals surface area contributed by atoms with Gasteiger partial charge in [0.05, 0.1) is 5.57 Å². The van der Waals surface area contributed by atoms with E-state index >= 15 is 0 Å². The molecule has 3 aromatic rings. The van der Waals surface area contributed by atoms with E-state index in [1.54, 1.807) is 24.4 Å². The van der Waals surface area contributed by atoms with Crippen LogP contribution in [0.2, 0.25) is 5.02 Å². The first-order valence-electron chi connectivity index (χ1n) is 5.90. The number of H-pyrrole nitrogens is 1. The topological polar surface area (TPSA) is 53.1 Å². The minimum Gasteiger partial charge on any atom is -0.478 e. The van der Waals surface area contributed by atoms with Crippen molar-refractivity contribution in [3.8, 4) is 0 Å². The molecule has 5 heteroatoms. The Balaban J connectivity index is 2.14. The van der Waals surface area contributed by atoms with Crippen molar-refractivity contribution in [1.29, 1.82) is 0 Å². The normalized spacial score (nSPS) is 11.9. The Kier molecular flexibility index (Phi) is 3.34.